The van der Waals surface area contributed by atoms with E-state index in [1.165, 1.54) is 6.92 Å². The summed E-state index contributed by atoms with van der Waals surface area (Å²) in [5, 5.41) is 5.96. The summed E-state index contributed by atoms with van der Waals surface area (Å²) in [6, 6.07) is 10.4. The summed E-state index contributed by atoms with van der Waals surface area (Å²) in [7, 11) is 0. The molecule has 2 aromatic carbocycles. The van der Waals surface area contributed by atoms with Crippen LogP contribution in [-0.4, -0.2) is 57.4 Å². The molecule has 0 saturated carbocycles. The minimum atomic E-state index is -0.464. The molecule has 0 bridgehead atoms. The number of carbonyl (C=O) groups is 3. The van der Waals surface area contributed by atoms with Crippen molar-refractivity contribution in [1.82, 2.24) is 0 Å². The van der Waals surface area contributed by atoms with E-state index in [1.54, 1.807) is 32.0 Å². The monoisotopic (exact) mass is 488 g/mol. The SMILES string of the molecule is CCOC(=O)CNc1cc(OC(C)=O)ccc1OCCOc1cc(C)ccc1NCC(=O)OCC. The second-order valence-corrected chi connectivity index (χ2v) is 7.27. The predicted molar refractivity (Wildman–Crippen MR) is 130 cm³/mol. The van der Waals surface area contributed by atoms with Crippen LogP contribution < -0.4 is 24.8 Å². The summed E-state index contributed by atoms with van der Waals surface area (Å²) in [6.07, 6.45) is 0. The summed E-state index contributed by atoms with van der Waals surface area (Å²) in [5.41, 5.74) is 2.12. The van der Waals surface area contributed by atoms with E-state index in [9.17, 15) is 14.4 Å². The van der Waals surface area contributed by atoms with Gasteiger partial charge in [0.05, 0.1) is 24.6 Å². The van der Waals surface area contributed by atoms with E-state index in [0.29, 0.717) is 35.2 Å². The highest BCUT2D eigenvalue weighted by atomic mass is 16.5. The normalized spacial score (nSPS) is 10.2. The van der Waals surface area contributed by atoms with Gasteiger partial charge in [0, 0.05) is 13.0 Å². The van der Waals surface area contributed by atoms with Crippen molar-refractivity contribution in [3.63, 3.8) is 0 Å². The van der Waals surface area contributed by atoms with Crippen molar-refractivity contribution in [2.45, 2.75) is 27.7 Å². The molecule has 0 radical (unpaired) electrons. The average Bonchev–Trinajstić information content (AvgIpc) is 2.81. The maximum Gasteiger partial charge on any atom is 0.325 e. The standard InChI is InChI=1S/C25H32N2O8/c1-5-31-24(29)15-26-20-9-7-17(3)13-23(20)34-12-11-33-22-10-8-19(35-18(4)28)14-21(22)27-16-25(30)32-6-2/h7-10,13-14,26-27H,5-6,11-12,15-16H2,1-4H3. The van der Waals surface area contributed by atoms with Gasteiger partial charge in [-0.15, -0.1) is 0 Å². The minimum Gasteiger partial charge on any atom is -0.488 e. The summed E-state index contributed by atoms with van der Waals surface area (Å²) in [4.78, 5) is 34.7. The van der Waals surface area contributed by atoms with E-state index in [0.717, 1.165) is 5.56 Å². The van der Waals surface area contributed by atoms with Crippen LogP contribution in [0.5, 0.6) is 17.2 Å². The van der Waals surface area contributed by atoms with Crippen LogP contribution in [0.4, 0.5) is 11.4 Å². The molecule has 10 heteroatoms. The third-order valence-corrected chi connectivity index (χ3v) is 4.41. The zero-order valence-corrected chi connectivity index (χ0v) is 20.5. The van der Waals surface area contributed by atoms with Crippen LogP contribution in [0.1, 0.15) is 26.3 Å². The third kappa shape index (κ3) is 9.83. The molecule has 0 aliphatic carbocycles. The Balaban J connectivity index is 2.00. The fraction of sp³-hybridized carbons (Fsp3) is 0.400. The average molecular weight is 489 g/mol. The third-order valence-electron chi connectivity index (χ3n) is 4.41. The number of ether oxygens (including phenoxy) is 5. The van der Waals surface area contributed by atoms with Crippen LogP contribution in [0.15, 0.2) is 36.4 Å². The van der Waals surface area contributed by atoms with E-state index in [2.05, 4.69) is 10.6 Å². The number of aryl methyl sites for hydroxylation is 1. The second-order valence-electron chi connectivity index (χ2n) is 7.27. The first-order valence-corrected chi connectivity index (χ1v) is 11.3. The van der Waals surface area contributed by atoms with Crippen LogP contribution in [0.2, 0.25) is 0 Å². The maximum atomic E-state index is 11.7. The number of anilines is 2. The highest BCUT2D eigenvalue weighted by molar-refractivity contribution is 5.77. The number of hydrogen-bond donors (Lipinski definition) is 2. The highest BCUT2D eigenvalue weighted by Crippen LogP contribution is 2.30. The molecule has 2 aromatic rings. The quantitative estimate of drug-likeness (QED) is 0.233. The lowest BCUT2D eigenvalue weighted by atomic mass is 10.2. The Morgan fingerprint density at radius 1 is 0.771 bits per heavy atom. The summed E-state index contributed by atoms with van der Waals surface area (Å²) in [6.45, 7) is 7.63. The Kier molecular flexibility index (Phi) is 11.2. The van der Waals surface area contributed by atoms with Crippen LogP contribution >= 0.6 is 0 Å². The van der Waals surface area contributed by atoms with E-state index in [4.69, 9.17) is 23.7 Å². The van der Waals surface area contributed by atoms with Crippen LogP contribution in [-0.2, 0) is 23.9 Å². The van der Waals surface area contributed by atoms with Gasteiger partial charge in [-0.2, -0.15) is 0 Å². The molecule has 0 heterocycles. The Morgan fingerprint density at radius 2 is 1.37 bits per heavy atom. The Labute approximate surface area is 204 Å². The van der Waals surface area contributed by atoms with Gasteiger partial charge >= 0.3 is 17.9 Å². The summed E-state index contributed by atoms with van der Waals surface area (Å²) >= 11 is 0. The molecule has 0 fully saturated rings. The molecule has 0 aliphatic heterocycles. The van der Waals surface area contributed by atoms with Gasteiger partial charge in [-0.3, -0.25) is 14.4 Å². The molecule has 10 nitrogen and oxygen atoms in total. The van der Waals surface area contributed by atoms with Crippen molar-refractivity contribution >= 4 is 29.3 Å². The smallest absolute Gasteiger partial charge is 0.325 e. The molecule has 0 atom stereocenters. The van der Waals surface area contributed by atoms with Gasteiger partial charge in [-0.25, -0.2) is 0 Å². The van der Waals surface area contributed by atoms with Gasteiger partial charge in [0.25, 0.3) is 0 Å². The molecule has 0 aliphatic rings. The van der Waals surface area contributed by atoms with Crippen molar-refractivity contribution in [2.75, 3.05) is 50.2 Å². The summed E-state index contributed by atoms with van der Waals surface area (Å²) < 4.78 is 26.7. The second kappa shape index (κ2) is 14.3. The Bertz CT molecular complexity index is 1010. The molecule has 0 aromatic heterocycles. The minimum absolute atomic E-state index is 0.0218. The van der Waals surface area contributed by atoms with Crippen molar-refractivity contribution in [1.29, 1.82) is 0 Å². The van der Waals surface area contributed by atoms with Crippen LogP contribution in [0.25, 0.3) is 0 Å². The van der Waals surface area contributed by atoms with Crippen molar-refractivity contribution < 1.29 is 38.1 Å². The molecule has 0 amide bonds. The van der Waals surface area contributed by atoms with E-state index in [-0.39, 0.29) is 38.9 Å². The fourth-order valence-corrected chi connectivity index (χ4v) is 2.96. The van der Waals surface area contributed by atoms with E-state index in [1.807, 2.05) is 25.1 Å². The van der Waals surface area contributed by atoms with Crippen LogP contribution in [0.3, 0.4) is 0 Å². The lowest BCUT2D eigenvalue weighted by molar-refractivity contribution is -0.141. The first-order chi connectivity index (χ1) is 16.8. The first kappa shape index (κ1) is 27.3. The topological polar surface area (TPSA) is 121 Å². The molecule has 0 saturated heterocycles. The molecule has 0 spiro atoms. The molecular weight excluding hydrogens is 456 g/mol. The number of rotatable bonds is 14. The first-order valence-electron chi connectivity index (χ1n) is 11.3. The molecular formula is C25H32N2O8. The van der Waals surface area contributed by atoms with Gasteiger partial charge in [0.1, 0.15) is 43.6 Å². The molecule has 35 heavy (non-hydrogen) atoms. The largest absolute Gasteiger partial charge is 0.488 e. The molecule has 190 valence electrons. The molecule has 0 unspecified atom stereocenters. The number of benzene rings is 2. The van der Waals surface area contributed by atoms with Crippen LogP contribution in [0, 0.1) is 6.92 Å². The fourth-order valence-electron chi connectivity index (χ4n) is 2.96. The Hall–Kier alpha value is -3.95. The zero-order valence-electron chi connectivity index (χ0n) is 20.5. The molecule has 2 N–H and O–H groups in total. The Morgan fingerprint density at radius 3 is 1.97 bits per heavy atom. The lowest BCUT2D eigenvalue weighted by Crippen LogP contribution is -2.18. The number of nitrogens with one attached hydrogen (secondary N) is 2. The zero-order chi connectivity index (χ0) is 25.6. The van der Waals surface area contributed by atoms with E-state index < -0.39 is 11.9 Å². The number of carbonyl (C=O) groups excluding carboxylic acids is 3. The number of hydrogen-bond acceptors (Lipinski definition) is 10. The highest BCUT2D eigenvalue weighted by Gasteiger charge is 2.11. The summed E-state index contributed by atoms with van der Waals surface area (Å²) in [5.74, 6) is 0.0744. The van der Waals surface area contributed by atoms with Gasteiger partial charge in [-0.1, -0.05) is 6.07 Å². The van der Waals surface area contributed by atoms with Crippen molar-refractivity contribution in [2.24, 2.45) is 0 Å². The van der Waals surface area contributed by atoms with Gasteiger partial charge in [0.2, 0.25) is 0 Å². The van der Waals surface area contributed by atoms with Gasteiger partial charge in [0.15, 0.2) is 0 Å². The molecule has 2 rings (SSSR count). The predicted octanol–water partition coefficient (Wildman–Crippen LogP) is 3.33. The van der Waals surface area contributed by atoms with Crippen molar-refractivity contribution in [3.05, 3.63) is 42.0 Å². The van der Waals surface area contributed by atoms with Crippen molar-refractivity contribution in [3.8, 4) is 17.2 Å². The van der Waals surface area contributed by atoms with Gasteiger partial charge < -0.3 is 34.3 Å². The lowest BCUT2D eigenvalue weighted by Gasteiger charge is -2.16. The van der Waals surface area contributed by atoms with E-state index >= 15 is 0 Å². The van der Waals surface area contributed by atoms with Gasteiger partial charge in [-0.05, 0) is 50.6 Å². The number of esters is 3. The maximum absolute atomic E-state index is 11.7.